The molecule has 0 unspecified atom stereocenters. The van der Waals surface area contributed by atoms with Crippen LogP contribution in [0, 0.1) is 17.7 Å². The SMILES string of the molecule is Cn1nc(N2C(=O)CCCC2=O)c2ccc(C3CCN(CC4CCN(c5ncc(Cl)c(Nc6cc7c8c(c(=O)n(C)c7cc6F)OCC(F)(F)[C@H](C6CC6)N8)n5)CC4)CC3)cc21. The number of hydrogen-bond donors (Lipinski definition) is 2. The maximum atomic E-state index is 15.8. The summed E-state index contributed by atoms with van der Waals surface area (Å²) in [5, 5.41) is 11.9. The van der Waals surface area contributed by atoms with Crippen LogP contribution < -0.4 is 30.7 Å². The maximum absolute atomic E-state index is 15.8. The number of fused-ring (bicyclic) bond motifs is 4. The van der Waals surface area contributed by atoms with Crippen molar-refractivity contribution in [2.24, 2.45) is 25.9 Å². The topological polar surface area (TPSA) is 143 Å². The van der Waals surface area contributed by atoms with Gasteiger partial charge in [-0.15, -0.1) is 0 Å². The predicted molar refractivity (Wildman–Crippen MR) is 230 cm³/mol. The molecule has 1 aliphatic carbocycles. The van der Waals surface area contributed by atoms with E-state index in [9.17, 15) is 14.4 Å². The van der Waals surface area contributed by atoms with Gasteiger partial charge in [0.1, 0.15) is 10.8 Å². The van der Waals surface area contributed by atoms with Crippen molar-refractivity contribution in [3.8, 4) is 5.75 Å². The molecule has 4 fully saturated rings. The van der Waals surface area contributed by atoms with Gasteiger partial charge in [-0.3, -0.25) is 19.1 Å². The number of ether oxygens (including phenoxy) is 1. The van der Waals surface area contributed by atoms with Gasteiger partial charge in [0.2, 0.25) is 23.5 Å². The summed E-state index contributed by atoms with van der Waals surface area (Å²) in [6.07, 6.45) is 8.04. The number of carbonyl (C=O) groups excluding carboxylic acids is 2. The van der Waals surface area contributed by atoms with Gasteiger partial charge in [-0.25, -0.2) is 23.1 Å². The molecule has 1 saturated carbocycles. The smallest absolute Gasteiger partial charge is 0.301 e. The highest BCUT2D eigenvalue weighted by Crippen LogP contribution is 2.46. The number of aromatic nitrogens is 5. The van der Waals surface area contributed by atoms with Crippen molar-refractivity contribution in [1.82, 2.24) is 29.2 Å². The molecule has 7 heterocycles. The molecule has 3 saturated heterocycles. The van der Waals surface area contributed by atoms with Crippen LogP contribution in [0.15, 0.2) is 41.3 Å². The van der Waals surface area contributed by atoms with Gasteiger partial charge in [0.25, 0.3) is 5.56 Å². The summed E-state index contributed by atoms with van der Waals surface area (Å²) in [6, 6.07) is 7.75. The summed E-state index contributed by atoms with van der Waals surface area (Å²) >= 11 is 6.56. The quantitative estimate of drug-likeness (QED) is 0.154. The fourth-order valence-corrected chi connectivity index (χ4v) is 9.97. The number of amides is 2. The third-order valence-electron chi connectivity index (χ3n) is 13.5. The van der Waals surface area contributed by atoms with E-state index in [0.29, 0.717) is 61.1 Å². The molecule has 1 atom stereocenters. The van der Waals surface area contributed by atoms with E-state index in [1.165, 1.54) is 40.4 Å². The van der Waals surface area contributed by atoms with Crippen LogP contribution in [0.3, 0.4) is 0 Å². The number of halogens is 4. The number of nitrogens with one attached hydrogen (secondary N) is 2. The van der Waals surface area contributed by atoms with Crippen LogP contribution in [0.4, 0.5) is 42.1 Å². The molecular formula is C44H48ClF3N10O4. The summed E-state index contributed by atoms with van der Waals surface area (Å²) in [6.45, 7) is 3.55. The Labute approximate surface area is 360 Å². The average molecular weight is 873 g/mol. The van der Waals surface area contributed by atoms with E-state index < -0.39 is 29.9 Å². The van der Waals surface area contributed by atoms with Gasteiger partial charge in [-0.1, -0.05) is 17.7 Å². The van der Waals surface area contributed by atoms with Crippen molar-refractivity contribution in [2.45, 2.75) is 75.7 Å². The molecule has 0 radical (unpaired) electrons. The minimum Gasteiger partial charge on any atom is -0.480 e. The first-order chi connectivity index (χ1) is 29.8. The molecule has 14 nitrogen and oxygen atoms in total. The molecule has 62 heavy (non-hydrogen) atoms. The zero-order valence-corrected chi connectivity index (χ0v) is 35.4. The predicted octanol–water partition coefficient (Wildman–Crippen LogP) is 7.11. The minimum absolute atomic E-state index is 0.00284. The second-order valence-electron chi connectivity index (χ2n) is 17.6. The van der Waals surface area contributed by atoms with Crippen LogP contribution in [0.5, 0.6) is 5.75 Å². The summed E-state index contributed by atoms with van der Waals surface area (Å²) in [4.78, 5) is 53.6. The number of pyridine rings is 1. The number of nitrogens with zero attached hydrogens (tertiary/aromatic N) is 8. The van der Waals surface area contributed by atoms with Gasteiger partial charge in [0, 0.05) is 63.4 Å². The van der Waals surface area contributed by atoms with Crippen LogP contribution in [-0.2, 0) is 23.7 Å². The standard InChI is InChI=1S/C44H48ClF3N10O4/c1-54-33-20-31(46)32(19-29(33)37-38(42(54)61)62-23-44(47,48)39(51-37)26-6-7-26)50-40-30(45)21-49-43(52-40)57-16-10-24(11-17-57)22-56-14-12-25(13-15-56)27-8-9-28-34(18-27)55(2)53-41(28)58-35(59)4-3-5-36(58)60/h8-9,18-21,24-26,39,51H,3-7,10-17,22-23H2,1-2H3,(H,49,50,52)/t39-/m0/s1. The number of alkyl halides is 2. The van der Waals surface area contributed by atoms with Gasteiger partial charge in [-0.05, 0) is 99.6 Å². The highest BCUT2D eigenvalue weighted by Gasteiger charge is 2.51. The largest absolute Gasteiger partial charge is 0.480 e. The number of hydrogen-bond acceptors (Lipinski definition) is 11. The number of imide groups is 1. The third-order valence-corrected chi connectivity index (χ3v) is 13.8. The highest BCUT2D eigenvalue weighted by atomic mass is 35.5. The Kier molecular flexibility index (Phi) is 10.3. The minimum atomic E-state index is -3.21. The van der Waals surface area contributed by atoms with Crippen LogP contribution >= 0.6 is 11.6 Å². The third kappa shape index (κ3) is 7.39. The second-order valence-corrected chi connectivity index (χ2v) is 18.0. The van der Waals surface area contributed by atoms with Crippen LogP contribution in [0.2, 0.25) is 5.02 Å². The normalized spacial score (nSPS) is 21.5. The number of benzene rings is 2. The molecule has 2 amide bonds. The molecule has 2 aromatic carbocycles. The molecule has 10 rings (SSSR count). The summed E-state index contributed by atoms with van der Waals surface area (Å²) in [5.74, 6) is -2.75. The molecule has 18 heteroatoms. The molecule has 0 bridgehead atoms. The first-order valence-electron chi connectivity index (χ1n) is 21.6. The molecular weight excluding hydrogens is 825 g/mol. The van der Waals surface area contributed by atoms with E-state index >= 15 is 13.2 Å². The Morgan fingerprint density at radius 3 is 2.40 bits per heavy atom. The first kappa shape index (κ1) is 40.6. The molecule has 5 aromatic rings. The maximum Gasteiger partial charge on any atom is 0.301 e. The first-order valence-corrected chi connectivity index (χ1v) is 21.9. The zero-order chi connectivity index (χ0) is 43.0. The Morgan fingerprint density at radius 2 is 1.68 bits per heavy atom. The number of likely N-dealkylation sites (tertiary alicyclic amines) is 1. The Bertz CT molecular complexity index is 2660. The molecule has 326 valence electrons. The molecule has 5 aliphatic rings. The fraction of sp³-hybridized carbons (Fsp3) is 0.500. The zero-order valence-electron chi connectivity index (χ0n) is 34.6. The molecule has 2 N–H and O–H groups in total. The Morgan fingerprint density at radius 1 is 0.935 bits per heavy atom. The lowest BCUT2D eigenvalue weighted by molar-refractivity contribution is -0.129. The fourth-order valence-electron chi connectivity index (χ4n) is 9.84. The van der Waals surface area contributed by atoms with E-state index in [1.54, 1.807) is 4.68 Å². The van der Waals surface area contributed by atoms with Crippen molar-refractivity contribution >= 4 is 74.2 Å². The summed E-state index contributed by atoms with van der Waals surface area (Å²) in [5.41, 5.74) is 1.87. The second kappa shape index (κ2) is 15.7. The number of rotatable bonds is 8. The summed E-state index contributed by atoms with van der Waals surface area (Å²) < 4.78 is 54.5. The van der Waals surface area contributed by atoms with Crippen molar-refractivity contribution in [2.75, 3.05) is 59.8 Å². The van der Waals surface area contributed by atoms with Crippen molar-refractivity contribution in [1.29, 1.82) is 0 Å². The van der Waals surface area contributed by atoms with E-state index in [-0.39, 0.29) is 51.2 Å². The molecule has 0 spiro atoms. The van der Waals surface area contributed by atoms with Crippen molar-refractivity contribution in [3.05, 3.63) is 63.3 Å². The molecule has 4 aliphatic heterocycles. The highest BCUT2D eigenvalue weighted by molar-refractivity contribution is 6.33. The van der Waals surface area contributed by atoms with E-state index in [0.717, 1.165) is 69.3 Å². The van der Waals surface area contributed by atoms with Gasteiger partial charge < -0.3 is 29.7 Å². The van der Waals surface area contributed by atoms with Gasteiger partial charge in [0.05, 0.1) is 34.6 Å². The van der Waals surface area contributed by atoms with E-state index in [2.05, 4.69) is 42.6 Å². The number of aryl methyl sites for hydroxylation is 2. The average Bonchev–Trinajstić information content (AvgIpc) is 4.07. The molecule has 3 aromatic heterocycles. The van der Waals surface area contributed by atoms with Crippen LogP contribution in [0.1, 0.15) is 69.3 Å². The van der Waals surface area contributed by atoms with Gasteiger partial charge in [0.15, 0.2) is 18.2 Å². The number of carbonyl (C=O) groups is 2. The number of piperidine rings is 3. The summed E-state index contributed by atoms with van der Waals surface area (Å²) in [7, 11) is 3.31. The van der Waals surface area contributed by atoms with Crippen LogP contribution in [0.25, 0.3) is 21.8 Å². The Balaban J connectivity index is 0.778. The van der Waals surface area contributed by atoms with Crippen molar-refractivity contribution < 1.29 is 27.5 Å². The van der Waals surface area contributed by atoms with E-state index in [1.807, 2.05) is 13.1 Å². The van der Waals surface area contributed by atoms with Crippen molar-refractivity contribution in [3.63, 3.8) is 0 Å². The van der Waals surface area contributed by atoms with E-state index in [4.69, 9.17) is 21.3 Å². The Hall–Kier alpha value is -5.42. The lowest BCUT2D eigenvalue weighted by Gasteiger charge is -2.38. The number of anilines is 5. The van der Waals surface area contributed by atoms with Gasteiger partial charge in [-0.2, -0.15) is 10.1 Å². The monoisotopic (exact) mass is 872 g/mol. The van der Waals surface area contributed by atoms with Gasteiger partial charge >= 0.3 is 5.92 Å². The lowest BCUT2D eigenvalue weighted by Crippen LogP contribution is -2.44. The van der Waals surface area contributed by atoms with Crippen LogP contribution in [-0.4, -0.2) is 92.3 Å². The lowest BCUT2D eigenvalue weighted by atomic mass is 9.88.